The predicted molar refractivity (Wildman–Crippen MR) is 102 cm³/mol. The highest BCUT2D eigenvalue weighted by Gasteiger charge is 2.43. The van der Waals surface area contributed by atoms with Crippen LogP contribution in [0.25, 0.3) is 36.8 Å². The Labute approximate surface area is 179 Å². The fraction of sp³-hybridized carbons (Fsp3) is 0. The van der Waals surface area contributed by atoms with Crippen molar-refractivity contribution >= 4 is 22.3 Å². The van der Waals surface area contributed by atoms with E-state index in [4.69, 9.17) is 19.7 Å². The summed E-state index contributed by atoms with van der Waals surface area (Å²) < 4.78 is 31.6. The van der Waals surface area contributed by atoms with Crippen molar-refractivity contribution < 1.29 is 8.78 Å². The maximum absolute atomic E-state index is 15.8. The molecule has 0 spiro atoms. The van der Waals surface area contributed by atoms with Gasteiger partial charge in [0.25, 0.3) is 11.4 Å². The molecular weight excluding hydrogens is 414 g/mol. The lowest BCUT2D eigenvalue weighted by Gasteiger charge is -2.14. The first kappa shape index (κ1) is 20.7. The molecule has 0 fully saturated rings. The van der Waals surface area contributed by atoms with E-state index in [0.717, 1.165) is 0 Å². The third-order valence-electron chi connectivity index (χ3n) is 4.71. The second kappa shape index (κ2) is 7.41. The fourth-order valence-corrected chi connectivity index (χ4v) is 3.55. The minimum absolute atomic E-state index is 0.609. The number of benzene rings is 1. The monoisotopic (exact) mass is 414 g/mol. The predicted octanol–water partition coefficient (Wildman–Crippen LogP) is 4.25. The van der Waals surface area contributed by atoms with Crippen LogP contribution in [0.3, 0.4) is 0 Å². The Balaban J connectivity index is 2.76. The van der Waals surface area contributed by atoms with Crippen LogP contribution >= 0.6 is 0 Å². The summed E-state index contributed by atoms with van der Waals surface area (Å²) in [6.07, 6.45) is 0. The number of fused-ring (bicyclic) bond motifs is 2. The summed E-state index contributed by atoms with van der Waals surface area (Å²) in [5.41, 5.74) is -8.35. The average Bonchev–Trinajstić information content (AvgIpc) is 3.32. The minimum atomic E-state index is -1.37. The Morgan fingerprint density at radius 1 is 0.625 bits per heavy atom. The van der Waals surface area contributed by atoms with Crippen LogP contribution in [-0.2, 0) is 0 Å². The van der Waals surface area contributed by atoms with Crippen molar-refractivity contribution in [3.8, 4) is 30.3 Å². The molecular formula is C22F2N8. The van der Waals surface area contributed by atoms with Gasteiger partial charge >= 0.3 is 0 Å². The number of halogens is 2. The van der Waals surface area contributed by atoms with E-state index in [-0.39, 0.29) is 0 Å². The summed E-state index contributed by atoms with van der Waals surface area (Å²) >= 11 is 0. The van der Waals surface area contributed by atoms with E-state index in [1.54, 1.807) is 18.2 Å². The average molecular weight is 414 g/mol. The molecule has 2 aliphatic carbocycles. The van der Waals surface area contributed by atoms with Gasteiger partial charge in [-0.1, -0.05) is 0 Å². The van der Waals surface area contributed by atoms with Crippen LogP contribution in [0.5, 0.6) is 0 Å². The van der Waals surface area contributed by atoms with Crippen molar-refractivity contribution in [3.05, 3.63) is 90.8 Å². The van der Waals surface area contributed by atoms with E-state index in [9.17, 15) is 26.3 Å². The van der Waals surface area contributed by atoms with Gasteiger partial charge in [-0.2, -0.15) is 15.8 Å². The standard InChI is InChI=1S/C22F2N8/c1-30-12(7-28)14-9(4-25)10(5-26)15-18(14)21(24)16-11(6-27)22(32-3)17(13(8-29)31-2)19(16)20(15)23/b14-12-,17-13-. The molecule has 0 heterocycles. The lowest BCUT2D eigenvalue weighted by molar-refractivity contribution is 0.590. The second-order valence-corrected chi connectivity index (χ2v) is 5.94. The lowest BCUT2D eigenvalue weighted by Crippen LogP contribution is -2.05. The Hall–Kier alpha value is -6.04. The van der Waals surface area contributed by atoms with Gasteiger partial charge in [0.2, 0.25) is 5.70 Å². The van der Waals surface area contributed by atoms with Crippen molar-refractivity contribution in [1.82, 2.24) is 0 Å². The molecule has 0 unspecified atom stereocenters. The lowest BCUT2D eigenvalue weighted by atomic mass is 9.91. The number of hydrogen-bond donors (Lipinski definition) is 0. The quantitative estimate of drug-likeness (QED) is 0.462. The van der Waals surface area contributed by atoms with E-state index >= 15 is 8.78 Å². The molecule has 0 radical (unpaired) electrons. The molecule has 8 nitrogen and oxygen atoms in total. The van der Waals surface area contributed by atoms with Gasteiger partial charge in [-0.05, 0) is 0 Å². The van der Waals surface area contributed by atoms with Crippen LogP contribution in [-0.4, -0.2) is 0 Å². The normalized spacial score (nSPS) is 16.1. The van der Waals surface area contributed by atoms with Gasteiger partial charge in [0.05, 0.1) is 60.7 Å². The van der Waals surface area contributed by atoms with Gasteiger partial charge in [0.1, 0.15) is 17.7 Å². The molecule has 1 aromatic rings. The largest absolute Gasteiger partial charge is 0.271 e. The Morgan fingerprint density at radius 3 is 1.47 bits per heavy atom. The Bertz CT molecular complexity index is 1500. The van der Waals surface area contributed by atoms with Gasteiger partial charge < -0.3 is 0 Å². The van der Waals surface area contributed by atoms with Crippen LogP contribution in [0.15, 0.2) is 22.7 Å². The number of hydrogen-bond acceptors (Lipinski definition) is 5. The third-order valence-corrected chi connectivity index (χ3v) is 4.71. The van der Waals surface area contributed by atoms with E-state index < -0.39 is 78.8 Å². The maximum Gasteiger partial charge on any atom is 0.271 e. The summed E-state index contributed by atoms with van der Waals surface area (Å²) in [6.45, 7) is 21.6. The van der Waals surface area contributed by atoms with Gasteiger partial charge in [-0.25, -0.2) is 33.8 Å². The molecule has 0 N–H and O–H groups in total. The summed E-state index contributed by atoms with van der Waals surface area (Å²) in [4.78, 5) is 8.93. The van der Waals surface area contributed by atoms with E-state index in [1.807, 2.05) is 0 Å². The maximum atomic E-state index is 15.8. The summed E-state index contributed by atoms with van der Waals surface area (Å²) in [7, 11) is 0. The molecule has 3 rings (SSSR count). The van der Waals surface area contributed by atoms with Crippen LogP contribution in [0.1, 0.15) is 22.3 Å². The second-order valence-electron chi connectivity index (χ2n) is 5.94. The number of nitriles is 5. The molecule has 1 aromatic carbocycles. The van der Waals surface area contributed by atoms with Crippen LogP contribution < -0.4 is 0 Å². The molecule has 32 heavy (non-hydrogen) atoms. The summed E-state index contributed by atoms with van der Waals surface area (Å²) in [5.74, 6) is -2.73. The molecule has 10 heteroatoms. The van der Waals surface area contributed by atoms with E-state index in [1.165, 1.54) is 12.1 Å². The highest BCUT2D eigenvalue weighted by molar-refractivity contribution is 6.14. The van der Waals surface area contributed by atoms with Gasteiger partial charge in [0, 0.05) is 33.4 Å². The highest BCUT2D eigenvalue weighted by atomic mass is 19.1. The number of nitrogens with zero attached hydrogens (tertiary/aromatic N) is 8. The topological polar surface area (TPSA) is 132 Å². The Morgan fingerprint density at radius 2 is 1.06 bits per heavy atom. The SMILES string of the molecule is [C-]#[N+]C1=C(C#N)c2c(F)c3c(c(F)c2/C1=C(\C#N)[N+]#[C-])C(C#N)=C(C#N)/C3=C(\C#N)[N+]#[C-]. The Kier molecular flexibility index (Phi) is 4.79. The number of allylic oxidation sites excluding steroid dienone is 7. The molecule has 0 atom stereocenters. The van der Waals surface area contributed by atoms with Crippen LogP contribution in [0.2, 0.25) is 0 Å². The molecule has 0 aromatic heterocycles. The zero-order valence-electron chi connectivity index (χ0n) is 15.3. The minimum Gasteiger partial charge on any atom is -0.237 e. The van der Waals surface area contributed by atoms with Gasteiger partial charge in [-0.15, -0.1) is 0 Å². The first-order valence-electron chi connectivity index (χ1n) is 8.09. The van der Waals surface area contributed by atoms with Gasteiger partial charge in [0.15, 0.2) is 0 Å². The molecule has 0 bridgehead atoms. The van der Waals surface area contributed by atoms with Crippen LogP contribution in [0, 0.1) is 88.0 Å². The highest BCUT2D eigenvalue weighted by Crippen LogP contribution is 2.53. The van der Waals surface area contributed by atoms with Crippen molar-refractivity contribution in [1.29, 1.82) is 26.3 Å². The molecule has 142 valence electrons. The van der Waals surface area contributed by atoms with E-state index in [0.29, 0.717) is 0 Å². The third kappa shape index (κ3) is 2.31. The molecule has 0 aliphatic heterocycles. The van der Waals surface area contributed by atoms with Crippen LogP contribution in [0.4, 0.5) is 8.78 Å². The molecule has 0 amide bonds. The van der Waals surface area contributed by atoms with Crippen molar-refractivity contribution in [3.63, 3.8) is 0 Å². The summed E-state index contributed by atoms with van der Waals surface area (Å²) in [5, 5.41) is 47.1. The van der Waals surface area contributed by atoms with Crippen molar-refractivity contribution in [2.24, 2.45) is 0 Å². The summed E-state index contributed by atoms with van der Waals surface area (Å²) in [6, 6.07) is 7.65. The molecule has 2 aliphatic rings. The van der Waals surface area contributed by atoms with Gasteiger partial charge in [-0.3, -0.25) is 0 Å². The smallest absolute Gasteiger partial charge is 0.237 e. The first-order chi connectivity index (χ1) is 15.4. The molecule has 0 saturated carbocycles. The number of rotatable bonds is 0. The fourth-order valence-electron chi connectivity index (χ4n) is 3.55. The molecule has 0 saturated heterocycles. The zero-order chi connectivity index (χ0) is 23.7. The van der Waals surface area contributed by atoms with E-state index in [2.05, 4.69) is 14.5 Å². The van der Waals surface area contributed by atoms with Crippen molar-refractivity contribution in [2.75, 3.05) is 0 Å². The van der Waals surface area contributed by atoms with Crippen molar-refractivity contribution in [2.45, 2.75) is 0 Å². The first-order valence-corrected chi connectivity index (χ1v) is 8.09. The zero-order valence-corrected chi connectivity index (χ0v) is 15.3.